The van der Waals surface area contributed by atoms with Crippen molar-refractivity contribution < 1.29 is 9.13 Å². The van der Waals surface area contributed by atoms with Crippen LogP contribution in [0.5, 0.6) is 5.75 Å². The first-order chi connectivity index (χ1) is 7.36. The Hall–Kier alpha value is -1.16. The molecule has 0 amide bonds. The van der Waals surface area contributed by atoms with Gasteiger partial charge in [-0.1, -0.05) is 26.1 Å². The van der Waals surface area contributed by atoms with Crippen LogP contribution in [0.2, 0.25) is 0 Å². The molecule has 1 aromatic carbocycles. The lowest BCUT2D eigenvalue weighted by molar-refractivity contribution is 0.400. The van der Waals surface area contributed by atoms with Crippen molar-refractivity contribution in [3.05, 3.63) is 29.6 Å². The molecule has 88 valence electrons. The maximum atomic E-state index is 13.1. The Balaban J connectivity index is 3.04. The molecule has 0 saturated carbocycles. The zero-order valence-corrected chi connectivity index (χ0v) is 10.5. The lowest BCUT2D eigenvalue weighted by Gasteiger charge is -2.24. The van der Waals surface area contributed by atoms with Gasteiger partial charge in [0.05, 0.1) is 12.1 Å². The van der Waals surface area contributed by atoms with E-state index < -0.39 is 0 Å². The van der Waals surface area contributed by atoms with Crippen molar-refractivity contribution in [2.45, 2.75) is 20.3 Å². The highest BCUT2D eigenvalue weighted by molar-refractivity contribution is 7.80. The van der Waals surface area contributed by atoms with E-state index in [0.29, 0.717) is 17.2 Å². The molecule has 0 aliphatic heterocycles. The number of nitrogens with two attached hydrogens (primary N) is 1. The second-order valence-corrected chi connectivity index (χ2v) is 4.82. The third-order valence-corrected chi connectivity index (χ3v) is 3.09. The average Bonchev–Trinajstić information content (AvgIpc) is 2.17. The molecule has 1 rings (SSSR count). The molecule has 0 radical (unpaired) electrons. The van der Waals surface area contributed by atoms with Gasteiger partial charge in [0.15, 0.2) is 0 Å². The fraction of sp³-hybridized carbons (Fsp3) is 0.417. The van der Waals surface area contributed by atoms with Crippen LogP contribution >= 0.6 is 12.2 Å². The summed E-state index contributed by atoms with van der Waals surface area (Å²) >= 11 is 4.99. The van der Waals surface area contributed by atoms with Crippen molar-refractivity contribution in [3.8, 4) is 5.75 Å². The van der Waals surface area contributed by atoms with Gasteiger partial charge in [-0.3, -0.25) is 0 Å². The maximum Gasteiger partial charge on any atom is 0.123 e. The lowest BCUT2D eigenvalue weighted by atomic mass is 9.85. The zero-order valence-electron chi connectivity index (χ0n) is 9.71. The Labute approximate surface area is 101 Å². The van der Waals surface area contributed by atoms with E-state index in [2.05, 4.69) is 0 Å². The number of thiocarbonyl (C=S) groups is 1. The van der Waals surface area contributed by atoms with Crippen LogP contribution in [0.3, 0.4) is 0 Å². The molecular formula is C12H16FNOS. The first kappa shape index (κ1) is 12.9. The van der Waals surface area contributed by atoms with E-state index >= 15 is 0 Å². The van der Waals surface area contributed by atoms with Crippen molar-refractivity contribution >= 4 is 17.2 Å². The van der Waals surface area contributed by atoms with Gasteiger partial charge >= 0.3 is 0 Å². The van der Waals surface area contributed by atoms with E-state index in [9.17, 15) is 4.39 Å². The largest absolute Gasteiger partial charge is 0.496 e. The van der Waals surface area contributed by atoms with Gasteiger partial charge < -0.3 is 10.5 Å². The van der Waals surface area contributed by atoms with E-state index in [1.165, 1.54) is 12.1 Å². The van der Waals surface area contributed by atoms with Gasteiger partial charge in [-0.05, 0) is 30.2 Å². The van der Waals surface area contributed by atoms with E-state index in [-0.39, 0.29) is 11.2 Å². The van der Waals surface area contributed by atoms with E-state index in [0.717, 1.165) is 5.56 Å². The highest BCUT2D eigenvalue weighted by atomic mass is 32.1. The van der Waals surface area contributed by atoms with Gasteiger partial charge in [-0.15, -0.1) is 0 Å². The van der Waals surface area contributed by atoms with Crippen LogP contribution in [0.4, 0.5) is 4.39 Å². The number of methoxy groups -OCH3 is 1. The molecular weight excluding hydrogens is 225 g/mol. The first-order valence-electron chi connectivity index (χ1n) is 4.99. The molecule has 0 unspecified atom stereocenters. The molecule has 0 aliphatic carbocycles. The molecule has 0 fully saturated rings. The number of hydrogen-bond donors (Lipinski definition) is 1. The van der Waals surface area contributed by atoms with Crippen molar-refractivity contribution in [2.24, 2.45) is 11.1 Å². The van der Waals surface area contributed by atoms with Crippen molar-refractivity contribution in [3.63, 3.8) is 0 Å². The number of halogens is 1. The van der Waals surface area contributed by atoms with Crippen molar-refractivity contribution in [2.75, 3.05) is 7.11 Å². The van der Waals surface area contributed by atoms with E-state index in [1.54, 1.807) is 13.2 Å². The summed E-state index contributed by atoms with van der Waals surface area (Å²) in [5.41, 5.74) is 6.07. The summed E-state index contributed by atoms with van der Waals surface area (Å²) in [7, 11) is 1.56. The monoisotopic (exact) mass is 241 g/mol. The molecule has 0 heterocycles. The highest BCUT2D eigenvalue weighted by Gasteiger charge is 2.23. The third kappa shape index (κ3) is 2.92. The SMILES string of the molecule is COc1ccc(F)cc1CC(C)(C)C(N)=S. The van der Waals surface area contributed by atoms with E-state index in [1.807, 2.05) is 13.8 Å². The highest BCUT2D eigenvalue weighted by Crippen LogP contribution is 2.28. The first-order valence-corrected chi connectivity index (χ1v) is 5.40. The Morgan fingerprint density at radius 2 is 2.12 bits per heavy atom. The Bertz CT molecular complexity index is 404. The summed E-state index contributed by atoms with van der Waals surface area (Å²) in [6.07, 6.45) is 0.559. The van der Waals surface area contributed by atoms with Crippen LogP contribution in [0.25, 0.3) is 0 Å². The molecule has 1 aromatic rings. The van der Waals surface area contributed by atoms with Crippen LogP contribution in [0, 0.1) is 11.2 Å². The normalized spacial score (nSPS) is 11.2. The topological polar surface area (TPSA) is 35.2 Å². The van der Waals surface area contributed by atoms with Crippen molar-refractivity contribution in [1.82, 2.24) is 0 Å². The summed E-state index contributed by atoms with van der Waals surface area (Å²) in [5.74, 6) is 0.375. The third-order valence-electron chi connectivity index (χ3n) is 2.54. The van der Waals surface area contributed by atoms with Gasteiger partial charge in [0.1, 0.15) is 11.6 Å². The molecule has 0 saturated heterocycles. The smallest absolute Gasteiger partial charge is 0.123 e. The van der Waals surface area contributed by atoms with Crippen LogP contribution in [0.1, 0.15) is 19.4 Å². The zero-order chi connectivity index (χ0) is 12.3. The molecule has 0 aliphatic rings. The summed E-state index contributed by atoms with van der Waals surface area (Å²) in [6, 6.07) is 4.44. The number of ether oxygens (including phenoxy) is 1. The van der Waals surface area contributed by atoms with Gasteiger partial charge in [-0.2, -0.15) is 0 Å². The number of benzene rings is 1. The van der Waals surface area contributed by atoms with Gasteiger partial charge in [0.25, 0.3) is 0 Å². The van der Waals surface area contributed by atoms with Crippen LogP contribution in [-0.4, -0.2) is 12.1 Å². The summed E-state index contributed by atoms with van der Waals surface area (Å²) < 4.78 is 18.3. The predicted molar refractivity (Wildman–Crippen MR) is 67.2 cm³/mol. The quantitative estimate of drug-likeness (QED) is 0.823. The Morgan fingerprint density at radius 3 is 2.62 bits per heavy atom. The maximum absolute atomic E-state index is 13.1. The average molecular weight is 241 g/mol. The van der Waals surface area contributed by atoms with Gasteiger partial charge in [0, 0.05) is 5.41 Å². The van der Waals surface area contributed by atoms with E-state index in [4.69, 9.17) is 22.7 Å². The number of rotatable bonds is 4. The summed E-state index contributed by atoms with van der Waals surface area (Å²) in [5, 5.41) is 0. The Kier molecular flexibility index (Phi) is 3.86. The van der Waals surface area contributed by atoms with Gasteiger partial charge in [-0.25, -0.2) is 4.39 Å². The van der Waals surface area contributed by atoms with Crippen molar-refractivity contribution in [1.29, 1.82) is 0 Å². The summed E-state index contributed by atoms with van der Waals surface area (Å²) in [4.78, 5) is 0.416. The minimum Gasteiger partial charge on any atom is -0.496 e. The van der Waals surface area contributed by atoms with Gasteiger partial charge in [0.2, 0.25) is 0 Å². The minimum absolute atomic E-state index is 0.283. The van der Waals surface area contributed by atoms with Crippen LogP contribution < -0.4 is 10.5 Å². The molecule has 0 spiro atoms. The summed E-state index contributed by atoms with van der Waals surface area (Å²) in [6.45, 7) is 3.86. The second kappa shape index (κ2) is 4.78. The standard InChI is InChI=1S/C12H16FNOS/c1-12(2,11(14)16)7-8-6-9(13)4-5-10(8)15-3/h4-6H,7H2,1-3H3,(H2,14,16). The molecule has 4 heteroatoms. The Morgan fingerprint density at radius 1 is 1.50 bits per heavy atom. The fourth-order valence-electron chi connectivity index (χ4n) is 1.45. The molecule has 2 nitrogen and oxygen atoms in total. The molecule has 16 heavy (non-hydrogen) atoms. The molecule has 0 bridgehead atoms. The lowest BCUT2D eigenvalue weighted by Crippen LogP contribution is -2.31. The predicted octanol–water partition coefficient (Wildman–Crippen LogP) is 2.69. The fourth-order valence-corrected chi connectivity index (χ4v) is 1.52. The van der Waals surface area contributed by atoms with Crippen LogP contribution in [0.15, 0.2) is 18.2 Å². The van der Waals surface area contributed by atoms with Crippen LogP contribution in [-0.2, 0) is 6.42 Å². The minimum atomic E-state index is -0.351. The second-order valence-electron chi connectivity index (χ2n) is 4.38. The number of hydrogen-bond acceptors (Lipinski definition) is 2. The molecule has 0 aromatic heterocycles. The molecule has 2 N–H and O–H groups in total. The molecule has 0 atom stereocenters.